The molecule has 0 fully saturated rings. The first-order chi connectivity index (χ1) is 16.4. The molecular formula is C27H64O3Si4. The molecule has 206 valence electrons. The molecular weight excluding hydrogens is 485 g/mol. The van der Waals surface area contributed by atoms with Crippen LogP contribution in [0.25, 0.3) is 0 Å². The highest BCUT2D eigenvalue weighted by molar-refractivity contribution is 6.77. The molecule has 3 nitrogen and oxygen atoms in total. The van der Waals surface area contributed by atoms with Crippen molar-refractivity contribution in [3.63, 3.8) is 0 Å². The molecule has 0 amide bonds. The Morgan fingerprint density at radius 3 is 1.41 bits per heavy atom. The van der Waals surface area contributed by atoms with Gasteiger partial charge in [0.05, 0.1) is 0 Å². The van der Waals surface area contributed by atoms with Crippen molar-refractivity contribution >= 4 is 36.6 Å². The molecule has 0 aromatic heterocycles. The van der Waals surface area contributed by atoms with Gasteiger partial charge < -0.3 is 12.3 Å². The Morgan fingerprint density at radius 2 is 0.941 bits per heavy atom. The number of unbranched alkanes of at least 4 members (excludes halogenated alkanes) is 15. The molecule has 0 bridgehead atoms. The molecule has 0 aliphatic rings. The number of hydrogen-bond donors (Lipinski definition) is 0. The van der Waals surface area contributed by atoms with Gasteiger partial charge in [0.1, 0.15) is 9.76 Å². The minimum absolute atomic E-state index is 0.426. The van der Waals surface area contributed by atoms with Crippen LogP contribution in [-0.2, 0) is 12.3 Å². The molecule has 0 aromatic rings. The van der Waals surface area contributed by atoms with Crippen LogP contribution < -0.4 is 0 Å². The Hall–Kier alpha value is 0.748. The van der Waals surface area contributed by atoms with Gasteiger partial charge in [0, 0.05) is 0 Å². The van der Waals surface area contributed by atoms with E-state index in [-0.39, 0.29) is 0 Å². The quantitative estimate of drug-likeness (QED) is 0.0757. The Morgan fingerprint density at radius 1 is 0.529 bits per heavy atom. The summed E-state index contributed by atoms with van der Waals surface area (Å²) in [7, 11) is -5.16. The molecule has 0 heterocycles. The van der Waals surface area contributed by atoms with E-state index in [0.717, 1.165) is 0 Å². The first-order valence-corrected chi connectivity index (χ1v) is 23.9. The zero-order chi connectivity index (χ0) is 25.3. The summed E-state index contributed by atoms with van der Waals surface area (Å²) in [5.74, 6) is 0. The molecule has 0 N–H and O–H groups in total. The monoisotopic (exact) mass is 548 g/mol. The molecule has 0 spiro atoms. The van der Waals surface area contributed by atoms with Crippen LogP contribution in [-0.4, -0.2) is 36.6 Å². The lowest BCUT2D eigenvalue weighted by molar-refractivity contribution is 0.364. The van der Waals surface area contributed by atoms with Crippen molar-refractivity contribution < 1.29 is 12.3 Å². The van der Waals surface area contributed by atoms with Crippen molar-refractivity contribution in [2.24, 2.45) is 0 Å². The highest BCUT2D eigenvalue weighted by Gasteiger charge is 2.27. The SMILES string of the molecule is CCCCCCCC[SiH2]O[SiH](CCCCCCCC)O[SiH](CCCCCCCC)O[Si](C)(C)C. The zero-order valence-corrected chi connectivity index (χ0v) is 29.2. The summed E-state index contributed by atoms with van der Waals surface area (Å²) in [6.07, 6.45) is 24.6. The third kappa shape index (κ3) is 25.8. The van der Waals surface area contributed by atoms with E-state index in [2.05, 4.69) is 40.4 Å². The van der Waals surface area contributed by atoms with Gasteiger partial charge in [-0.1, -0.05) is 136 Å². The van der Waals surface area contributed by atoms with Gasteiger partial charge >= 0.3 is 18.6 Å². The van der Waals surface area contributed by atoms with E-state index in [1.165, 1.54) is 134 Å². The van der Waals surface area contributed by atoms with E-state index in [0.29, 0.717) is 0 Å². The molecule has 0 radical (unpaired) electrons. The Bertz CT molecular complexity index is 408. The maximum atomic E-state index is 6.84. The predicted molar refractivity (Wildman–Crippen MR) is 164 cm³/mol. The summed E-state index contributed by atoms with van der Waals surface area (Å²) in [4.78, 5) is 0. The summed E-state index contributed by atoms with van der Waals surface area (Å²) < 4.78 is 20.1. The van der Waals surface area contributed by atoms with Crippen LogP contribution in [0.1, 0.15) is 136 Å². The first kappa shape index (κ1) is 34.7. The average molecular weight is 549 g/mol. The summed E-state index contributed by atoms with van der Waals surface area (Å²) in [6.45, 7) is 13.9. The lowest BCUT2D eigenvalue weighted by atomic mass is 10.1. The molecule has 34 heavy (non-hydrogen) atoms. The maximum Gasteiger partial charge on any atom is 0.302 e. The Balaban J connectivity index is 4.55. The van der Waals surface area contributed by atoms with E-state index in [9.17, 15) is 0 Å². The minimum atomic E-state index is -1.60. The van der Waals surface area contributed by atoms with Crippen LogP contribution in [0.3, 0.4) is 0 Å². The van der Waals surface area contributed by atoms with Crippen molar-refractivity contribution in [1.29, 1.82) is 0 Å². The number of rotatable bonds is 27. The lowest BCUT2D eigenvalue weighted by Crippen LogP contribution is -2.41. The fourth-order valence-corrected chi connectivity index (χ4v) is 16.4. The normalized spacial score (nSPS) is 14.3. The van der Waals surface area contributed by atoms with Crippen molar-refractivity contribution in [1.82, 2.24) is 0 Å². The highest BCUT2D eigenvalue weighted by Crippen LogP contribution is 2.18. The first-order valence-electron chi connectivity index (χ1n) is 15.4. The Labute approximate surface area is 222 Å². The molecule has 0 aliphatic carbocycles. The van der Waals surface area contributed by atoms with Crippen LogP contribution in [0.2, 0.25) is 37.8 Å². The second-order valence-corrected chi connectivity index (χ2v) is 22.9. The van der Waals surface area contributed by atoms with E-state index >= 15 is 0 Å². The third-order valence-corrected chi connectivity index (χ3v) is 17.7. The molecule has 0 aromatic carbocycles. The minimum Gasteiger partial charge on any atom is -0.444 e. The van der Waals surface area contributed by atoms with Gasteiger partial charge in [0.2, 0.25) is 0 Å². The van der Waals surface area contributed by atoms with E-state index in [1.807, 2.05) is 0 Å². The average Bonchev–Trinajstić information content (AvgIpc) is 2.78. The summed E-state index contributed by atoms with van der Waals surface area (Å²) >= 11 is 0. The van der Waals surface area contributed by atoms with Gasteiger partial charge in [-0.05, 0) is 37.8 Å². The van der Waals surface area contributed by atoms with E-state index < -0.39 is 36.6 Å². The molecule has 0 saturated carbocycles. The van der Waals surface area contributed by atoms with Crippen molar-refractivity contribution in [3.05, 3.63) is 0 Å². The highest BCUT2D eigenvalue weighted by atomic mass is 28.4. The fraction of sp³-hybridized carbons (Fsp3) is 1.00. The van der Waals surface area contributed by atoms with E-state index in [4.69, 9.17) is 12.3 Å². The number of hydrogen-bond acceptors (Lipinski definition) is 3. The molecule has 2 atom stereocenters. The predicted octanol–water partition coefficient (Wildman–Crippen LogP) is 8.90. The van der Waals surface area contributed by atoms with Crippen molar-refractivity contribution in [2.75, 3.05) is 0 Å². The summed E-state index contributed by atoms with van der Waals surface area (Å²) in [5, 5.41) is 0. The van der Waals surface area contributed by atoms with Crippen LogP contribution in [0.4, 0.5) is 0 Å². The molecule has 0 rings (SSSR count). The van der Waals surface area contributed by atoms with Crippen molar-refractivity contribution in [2.45, 2.75) is 174 Å². The fourth-order valence-electron chi connectivity index (χ4n) is 4.37. The molecule has 0 aliphatic heterocycles. The van der Waals surface area contributed by atoms with Crippen LogP contribution in [0.5, 0.6) is 0 Å². The second-order valence-electron chi connectivity index (χ2n) is 11.3. The van der Waals surface area contributed by atoms with Crippen LogP contribution >= 0.6 is 0 Å². The van der Waals surface area contributed by atoms with Gasteiger partial charge in [-0.25, -0.2) is 0 Å². The van der Waals surface area contributed by atoms with Crippen LogP contribution in [0.15, 0.2) is 0 Å². The Kier molecular flexibility index (Phi) is 26.0. The van der Waals surface area contributed by atoms with Gasteiger partial charge in [0.15, 0.2) is 8.32 Å². The van der Waals surface area contributed by atoms with Crippen LogP contribution in [0, 0.1) is 0 Å². The molecule has 7 heteroatoms. The lowest BCUT2D eigenvalue weighted by Gasteiger charge is -2.29. The van der Waals surface area contributed by atoms with Gasteiger partial charge in [-0.2, -0.15) is 0 Å². The summed E-state index contributed by atoms with van der Waals surface area (Å²) in [5.41, 5.74) is 0. The zero-order valence-electron chi connectivity index (χ0n) is 24.4. The standard InChI is InChI=1S/C27H64O3Si4/c1-7-10-13-16-19-22-25-31-28-32(26-23-20-17-14-11-8-2)29-33(30-34(4,5)6)27-24-21-18-15-12-9-3/h32-33H,7-27,31H2,1-6H3. The topological polar surface area (TPSA) is 27.7 Å². The molecule has 2 unspecified atom stereocenters. The van der Waals surface area contributed by atoms with Gasteiger partial charge in [-0.15, -0.1) is 0 Å². The largest absolute Gasteiger partial charge is 0.444 e. The maximum absolute atomic E-state index is 6.84. The molecule has 0 saturated heterocycles. The smallest absolute Gasteiger partial charge is 0.302 e. The van der Waals surface area contributed by atoms with Crippen molar-refractivity contribution in [3.8, 4) is 0 Å². The summed E-state index contributed by atoms with van der Waals surface area (Å²) in [6, 6.07) is 3.75. The second kappa shape index (κ2) is 25.4. The van der Waals surface area contributed by atoms with E-state index in [1.54, 1.807) is 0 Å². The van der Waals surface area contributed by atoms with Gasteiger partial charge in [0.25, 0.3) is 0 Å². The third-order valence-electron chi connectivity index (χ3n) is 6.43. The van der Waals surface area contributed by atoms with Gasteiger partial charge in [-0.3, -0.25) is 0 Å².